The fourth-order valence-corrected chi connectivity index (χ4v) is 2.12. The first kappa shape index (κ1) is 14.7. The van der Waals surface area contributed by atoms with Crippen LogP contribution in [-0.2, 0) is 5.41 Å². The number of rotatable bonds is 2. The number of aryl methyl sites for hydroxylation is 1. The number of nitrogens with two attached hydrogens (primary N) is 1. The molecule has 0 aliphatic heterocycles. The van der Waals surface area contributed by atoms with Crippen molar-refractivity contribution in [2.75, 3.05) is 5.73 Å². The standard InChI is InChI=1S/C17H20ClNO/c1-11-10-12(17(2,3)4)8-9-14(11)20-15-7-5-6-13(18)16(15)19/h5-10H,19H2,1-4H3. The monoisotopic (exact) mass is 289 g/mol. The number of hydrogen-bond acceptors (Lipinski definition) is 2. The predicted molar refractivity (Wildman–Crippen MR) is 85.8 cm³/mol. The predicted octanol–water partition coefficient (Wildman–Crippen LogP) is 5.32. The van der Waals surface area contributed by atoms with Gasteiger partial charge in [-0.25, -0.2) is 0 Å². The second-order valence-corrected chi connectivity index (χ2v) is 6.39. The van der Waals surface area contributed by atoms with Crippen molar-refractivity contribution < 1.29 is 4.74 Å². The highest BCUT2D eigenvalue weighted by atomic mass is 35.5. The van der Waals surface area contributed by atoms with Crippen molar-refractivity contribution in [2.24, 2.45) is 0 Å². The second kappa shape index (κ2) is 5.37. The average molecular weight is 290 g/mol. The van der Waals surface area contributed by atoms with Crippen LogP contribution in [0.1, 0.15) is 31.9 Å². The quantitative estimate of drug-likeness (QED) is 0.759. The molecule has 0 bridgehead atoms. The molecule has 2 aromatic carbocycles. The van der Waals surface area contributed by atoms with Crippen molar-refractivity contribution in [3.8, 4) is 11.5 Å². The molecule has 0 saturated carbocycles. The summed E-state index contributed by atoms with van der Waals surface area (Å²) < 4.78 is 5.88. The van der Waals surface area contributed by atoms with Crippen LogP contribution in [0.15, 0.2) is 36.4 Å². The molecule has 0 heterocycles. The highest BCUT2D eigenvalue weighted by Gasteiger charge is 2.15. The van der Waals surface area contributed by atoms with E-state index in [0.29, 0.717) is 16.5 Å². The van der Waals surface area contributed by atoms with Crippen LogP contribution in [0.2, 0.25) is 5.02 Å². The molecule has 20 heavy (non-hydrogen) atoms. The van der Waals surface area contributed by atoms with E-state index in [-0.39, 0.29) is 5.41 Å². The zero-order valence-electron chi connectivity index (χ0n) is 12.3. The van der Waals surface area contributed by atoms with Crippen LogP contribution in [0.5, 0.6) is 11.5 Å². The maximum Gasteiger partial charge on any atom is 0.151 e. The van der Waals surface area contributed by atoms with Crippen molar-refractivity contribution in [1.82, 2.24) is 0 Å². The minimum Gasteiger partial charge on any atom is -0.455 e. The minimum atomic E-state index is 0.123. The van der Waals surface area contributed by atoms with E-state index in [4.69, 9.17) is 22.1 Å². The Bertz CT molecular complexity index is 629. The van der Waals surface area contributed by atoms with Gasteiger partial charge in [-0.2, -0.15) is 0 Å². The molecule has 2 N–H and O–H groups in total. The number of ether oxygens (including phenoxy) is 1. The van der Waals surface area contributed by atoms with Gasteiger partial charge in [-0.15, -0.1) is 0 Å². The number of halogens is 1. The van der Waals surface area contributed by atoms with Crippen LogP contribution in [0.25, 0.3) is 0 Å². The van der Waals surface area contributed by atoms with E-state index in [1.54, 1.807) is 6.07 Å². The third kappa shape index (κ3) is 3.07. The molecule has 2 aromatic rings. The molecule has 0 saturated heterocycles. The number of para-hydroxylation sites is 1. The summed E-state index contributed by atoms with van der Waals surface area (Å²) in [5, 5.41) is 0.506. The van der Waals surface area contributed by atoms with Gasteiger partial charge in [-0.3, -0.25) is 0 Å². The number of hydrogen-bond donors (Lipinski definition) is 1. The average Bonchev–Trinajstić information content (AvgIpc) is 2.36. The van der Waals surface area contributed by atoms with Gasteiger partial charge in [0.15, 0.2) is 5.75 Å². The van der Waals surface area contributed by atoms with Gasteiger partial charge in [0.25, 0.3) is 0 Å². The van der Waals surface area contributed by atoms with Gasteiger partial charge < -0.3 is 10.5 Å². The maximum atomic E-state index is 6.00. The molecule has 106 valence electrons. The highest BCUT2D eigenvalue weighted by molar-refractivity contribution is 6.33. The van der Waals surface area contributed by atoms with Crippen molar-refractivity contribution in [3.05, 3.63) is 52.5 Å². The fourth-order valence-electron chi connectivity index (χ4n) is 1.96. The summed E-state index contributed by atoms with van der Waals surface area (Å²) in [6.07, 6.45) is 0. The van der Waals surface area contributed by atoms with Gasteiger partial charge in [0.2, 0.25) is 0 Å². The van der Waals surface area contributed by atoms with Crippen LogP contribution >= 0.6 is 11.6 Å². The van der Waals surface area contributed by atoms with E-state index < -0.39 is 0 Å². The molecule has 0 aliphatic carbocycles. The third-order valence-corrected chi connectivity index (χ3v) is 3.60. The molecule has 0 aromatic heterocycles. The summed E-state index contributed by atoms with van der Waals surface area (Å²) in [6, 6.07) is 11.6. The molecule has 3 heteroatoms. The Kier molecular flexibility index (Phi) is 3.96. The van der Waals surface area contributed by atoms with Crippen LogP contribution in [0.4, 0.5) is 5.69 Å². The molecule has 0 radical (unpaired) electrons. The smallest absolute Gasteiger partial charge is 0.151 e. The summed E-state index contributed by atoms with van der Waals surface area (Å²) >= 11 is 6.00. The van der Waals surface area contributed by atoms with Crippen molar-refractivity contribution in [3.63, 3.8) is 0 Å². The van der Waals surface area contributed by atoms with E-state index in [0.717, 1.165) is 11.3 Å². The molecule has 0 aliphatic rings. The Balaban J connectivity index is 2.33. The summed E-state index contributed by atoms with van der Waals surface area (Å²) in [5.74, 6) is 1.39. The lowest BCUT2D eigenvalue weighted by Gasteiger charge is -2.20. The third-order valence-electron chi connectivity index (χ3n) is 3.27. The topological polar surface area (TPSA) is 35.2 Å². The number of benzene rings is 2. The molecule has 0 spiro atoms. The van der Waals surface area contributed by atoms with E-state index >= 15 is 0 Å². The lowest BCUT2D eigenvalue weighted by molar-refractivity contribution is 0.480. The van der Waals surface area contributed by atoms with Gasteiger partial charge in [0.05, 0.1) is 10.7 Å². The first-order valence-corrected chi connectivity index (χ1v) is 7.00. The van der Waals surface area contributed by atoms with Crippen molar-refractivity contribution >= 4 is 17.3 Å². The van der Waals surface area contributed by atoms with Gasteiger partial charge in [0, 0.05) is 0 Å². The normalized spacial score (nSPS) is 11.4. The Morgan fingerprint density at radius 3 is 2.35 bits per heavy atom. The van der Waals surface area contributed by atoms with E-state index in [1.165, 1.54) is 5.56 Å². The Morgan fingerprint density at radius 2 is 1.75 bits per heavy atom. The zero-order valence-corrected chi connectivity index (χ0v) is 13.1. The largest absolute Gasteiger partial charge is 0.455 e. The van der Waals surface area contributed by atoms with Gasteiger partial charge in [0.1, 0.15) is 5.75 Å². The first-order chi connectivity index (χ1) is 9.29. The summed E-state index contributed by atoms with van der Waals surface area (Å²) in [5.41, 5.74) is 8.87. The minimum absolute atomic E-state index is 0.123. The molecular formula is C17H20ClNO. The lowest BCUT2D eigenvalue weighted by atomic mass is 9.86. The Labute approximate surface area is 125 Å². The molecule has 2 nitrogen and oxygen atoms in total. The fraction of sp³-hybridized carbons (Fsp3) is 0.294. The molecule has 0 amide bonds. The lowest BCUT2D eigenvalue weighted by Crippen LogP contribution is -2.11. The SMILES string of the molecule is Cc1cc(C(C)(C)C)ccc1Oc1cccc(Cl)c1N. The molecule has 0 unspecified atom stereocenters. The van der Waals surface area contributed by atoms with Gasteiger partial charge in [-0.05, 0) is 41.7 Å². The first-order valence-electron chi connectivity index (χ1n) is 6.62. The number of nitrogen functional groups attached to an aromatic ring is 1. The van der Waals surface area contributed by atoms with Crippen LogP contribution in [0, 0.1) is 6.92 Å². The highest BCUT2D eigenvalue weighted by Crippen LogP contribution is 2.35. The van der Waals surface area contributed by atoms with Crippen LogP contribution in [0.3, 0.4) is 0 Å². The van der Waals surface area contributed by atoms with Gasteiger partial charge in [-0.1, -0.05) is 50.6 Å². The molecule has 0 atom stereocenters. The Hall–Kier alpha value is -1.67. The van der Waals surface area contributed by atoms with Crippen LogP contribution in [-0.4, -0.2) is 0 Å². The number of anilines is 1. The Morgan fingerprint density at radius 1 is 1.05 bits per heavy atom. The van der Waals surface area contributed by atoms with Crippen molar-refractivity contribution in [2.45, 2.75) is 33.1 Å². The van der Waals surface area contributed by atoms with Crippen molar-refractivity contribution in [1.29, 1.82) is 0 Å². The van der Waals surface area contributed by atoms with E-state index in [1.807, 2.05) is 25.1 Å². The summed E-state index contributed by atoms with van der Waals surface area (Å²) in [6.45, 7) is 8.61. The molecule has 2 rings (SSSR count). The van der Waals surface area contributed by atoms with E-state index in [2.05, 4.69) is 32.9 Å². The van der Waals surface area contributed by atoms with E-state index in [9.17, 15) is 0 Å². The van der Waals surface area contributed by atoms with Gasteiger partial charge >= 0.3 is 0 Å². The molecule has 0 fully saturated rings. The maximum absolute atomic E-state index is 6.00. The van der Waals surface area contributed by atoms with Crippen LogP contribution < -0.4 is 10.5 Å². The second-order valence-electron chi connectivity index (χ2n) is 5.98. The summed E-state index contributed by atoms with van der Waals surface area (Å²) in [4.78, 5) is 0. The summed E-state index contributed by atoms with van der Waals surface area (Å²) in [7, 11) is 0. The zero-order chi connectivity index (χ0) is 14.9. The molecular weight excluding hydrogens is 270 g/mol.